The summed E-state index contributed by atoms with van der Waals surface area (Å²) in [7, 11) is 0. The molecule has 3 unspecified atom stereocenters. The Bertz CT molecular complexity index is 572. The number of hydrogen-bond donors (Lipinski definition) is 3. The standard InChI is InChI=1S/C23H35N3/c1-17(2)15-22(25)20(13-14-24)23(26)16-21(18-9-5-3-6-10-18)19-11-7-4-8-12-19/h3-12,17,20-23H,13-16,24-26H2,1-2H3. The number of nitrogens with two attached hydrogens (primary N) is 3. The molecule has 142 valence electrons. The summed E-state index contributed by atoms with van der Waals surface area (Å²) in [4.78, 5) is 0. The number of rotatable bonds is 10. The van der Waals surface area contributed by atoms with E-state index in [9.17, 15) is 0 Å². The van der Waals surface area contributed by atoms with Crippen LogP contribution in [0.3, 0.4) is 0 Å². The lowest BCUT2D eigenvalue weighted by Gasteiger charge is -2.32. The van der Waals surface area contributed by atoms with Crippen molar-refractivity contribution in [2.45, 2.75) is 51.1 Å². The van der Waals surface area contributed by atoms with Gasteiger partial charge in [0.15, 0.2) is 0 Å². The molecule has 0 amide bonds. The molecule has 0 saturated carbocycles. The van der Waals surface area contributed by atoms with Gasteiger partial charge in [-0.25, -0.2) is 0 Å². The lowest BCUT2D eigenvalue weighted by molar-refractivity contribution is 0.283. The van der Waals surface area contributed by atoms with E-state index in [-0.39, 0.29) is 23.9 Å². The van der Waals surface area contributed by atoms with Crippen molar-refractivity contribution in [3.63, 3.8) is 0 Å². The monoisotopic (exact) mass is 353 g/mol. The molecule has 0 saturated heterocycles. The summed E-state index contributed by atoms with van der Waals surface area (Å²) in [6.07, 6.45) is 2.75. The van der Waals surface area contributed by atoms with E-state index < -0.39 is 0 Å². The van der Waals surface area contributed by atoms with Crippen molar-refractivity contribution in [3.05, 3.63) is 71.8 Å². The van der Waals surface area contributed by atoms with Crippen molar-refractivity contribution in [1.29, 1.82) is 0 Å². The molecule has 0 aliphatic carbocycles. The highest BCUT2D eigenvalue weighted by Gasteiger charge is 2.28. The molecular formula is C23H35N3. The Balaban J connectivity index is 2.22. The molecule has 0 bridgehead atoms. The van der Waals surface area contributed by atoms with E-state index in [0.29, 0.717) is 12.5 Å². The average molecular weight is 354 g/mol. The van der Waals surface area contributed by atoms with Crippen LogP contribution in [0.4, 0.5) is 0 Å². The molecule has 0 spiro atoms. The van der Waals surface area contributed by atoms with Crippen LogP contribution in [0.15, 0.2) is 60.7 Å². The number of hydrogen-bond acceptors (Lipinski definition) is 3. The van der Waals surface area contributed by atoms with Crippen molar-refractivity contribution in [2.75, 3.05) is 6.54 Å². The van der Waals surface area contributed by atoms with E-state index in [0.717, 1.165) is 19.3 Å². The highest BCUT2D eigenvalue weighted by molar-refractivity contribution is 5.32. The van der Waals surface area contributed by atoms with E-state index in [2.05, 4.69) is 74.5 Å². The van der Waals surface area contributed by atoms with Gasteiger partial charge in [-0.2, -0.15) is 0 Å². The fourth-order valence-electron chi connectivity index (χ4n) is 3.94. The molecule has 6 N–H and O–H groups in total. The van der Waals surface area contributed by atoms with Gasteiger partial charge in [0.1, 0.15) is 0 Å². The van der Waals surface area contributed by atoms with E-state index in [1.165, 1.54) is 11.1 Å². The Hall–Kier alpha value is -1.68. The maximum atomic E-state index is 6.72. The maximum absolute atomic E-state index is 6.72. The van der Waals surface area contributed by atoms with E-state index in [4.69, 9.17) is 17.2 Å². The first kappa shape index (κ1) is 20.6. The average Bonchev–Trinajstić information content (AvgIpc) is 2.64. The van der Waals surface area contributed by atoms with Gasteiger partial charge in [-0.1, -0.05) is 74.5 Å². The predicted molar refractivity (Wildman–Crippen MR) is 112 cm³/mol. The first-order valence-corrected chi connectivity index (χ1v) is 9.84. The van der Waals surface area contributed by atoms with Crippen LogP contribution in [0.2, 0.25) is 0 Å². The largest absolute Gasteiger partial charge is 0.330 e. The Morgan fingerprint density at radius 1 is 0.731 bits per heavy atom. The van der Waals surface area contributed by atoms with Crippen LogP contribution >= 0.6 is 0 Å². The van der Waals surface area contributed by atoms with Gasteiger partial charge in [0.2, 0.25) is 0 Å². The van der Waals surface area contributed by atoms with Gasteiger partial charge in [-0.05, 0) is 48.8 Å². The third kappa shape index (κ3) is 5.94. The molecule has 3 atom stereocenters. The first-order valence-electron chi connectivity index (χ1n) is 9.84. The molecule has 2 rings (SSSR count). The molecule has 2 aromatic rings. The van der Waals surface area contributed by atoms with Crippen molar-refractivity contribution in [2.24, 2.45) is 29.0 Å². The molecule has 0 heterocycles. The smallest absolute Gasteiger partial charge is 0.0104 e. The summed E-state index contributed by atoms with van der Waals surface area (Å²) in [5.74, 6) is 1.09. The van der Waals surface area contributed by atoms with Crippen molar-refractivity contribution in [3.8, 4) is 0 Å². The van der Waals surface area contributed by atoms with Crippen LogP contribution in [0, 0.1) is 11.8 Å². The van der Waals surface area contributed by atoms with Crippen LogP contribution in [0.5, 0.6) is 0 Å². The Morgan fingerprint density at radius 2 is 1.19 bits per heavy atom. The van der Waals surface area contributed by atoms with E-state index in [1.807, 2.05) is 0 Å². The second-order valence-corrected chi connectivity index (χ2v) is 7.81. The van der Waals surface area contributed by atoms with Gasteiger partial charge >= 0.3 is 0 Å². The lowest BCUT2D eigenvalue weighted by Crippen LogP contribution is -2.45. The van der Waals surface area contributed by atoms with Gasteiger partial charge in [0.05, 0.1) is 0 Å². The van der Waals surface area contributed by atoms with E-state index in [1.54, 1.807) is 0 Å². The summed E-state index contributed by atoms with van der Waals surface area (Å²) >= 11 is 0. The zero-order valence-electron chi connectivity index (χ0n) is 16.2. The first-order chi connectivity index (χ1) is 12.5. The quantitative estimate of drug-likeness (QED) is 0.606. The second-order valence-electron chi connectivity index (χ2n) is 7.81. The fraction of sp³-hybridized carbons (Fsp3) is 0.478. The van der Waals surface area contributed by atoms with E-state index >= 15 is 0 Å². The summed E-state index contributed by atoms with van der Waals surface area (Å²) in [5.41, 5.74) is 21.7. The molecule has 2 aromatic carbocycles. The van der Waals surface area contributed by atoms with Crippen molar-refractivity contribution < 1.29 is 0 Å². The minimum atomic E-state index is 0.0257. The summed E-state index contributed by atoms with van der Waals surface area (Å²) < 4.78 is 0. The van der Waals surface area contributed by atoms with Crippen LogP contribution in [0.25, 0.3) is 0 Å². The summed E-state index contributed by atoms with van der Waals surface area (Å²) in [6, 6.07) is 21.4. The molecule has 0 aliphatic heterocycles. The van der Waals surface area contributed by atoms with Gasteiger partial charge in [0.25, 0.3) is 0 Å². The zero-order valence-corrected chi connectivity index (χ0v) is 16.2. The minimum Gasteiger partial charge on any atom is -0.330 e. The van der Waals surface area contributed by atoms with Gasteiger partial charge in [0, 0.05) is 18.0 Å². The third-order valence-corrected chi connectivity index (χ3v) is 5.26. The third-order valence-electron chi connectivity index (χ3n) is 5.26. The molecule has 0 radical (unpaired) electrons. The zero-order chi connectivity index (χ0) is 18.9. The normalized spacial score (nSPS) is 15.2. The van der Waals surface area contributed by atoms with Gasteiger partial charge in [-0.3, -0.25) is 0 Å². The molecule has 3 heteroatoms. The van der Waals surface area contributed by atoms with Crippen molar-refractivity contribution >= 4 is 0 Å². The highest BCUT2D eigenvalue weighted by Crippen LogP contribution is 2.31. The number of benzene rings is 2. The van der Waals surface area contributed by atoms with Crippen LogP contribution in [-0.4, -0.2) is 18.6 Å². The Morgan fingerprint density at radius 3 is 1.62 bits per heavy atom. The van der Waals surface area contributed by atoms with Crippen LogP contribution in [-0.2, 0) is 0 Å². The van der Waals surface area contributed by atoms with Gasteiger partial charge in [-0.15, -0.1) is 0 Å². The molecule has 3 nitrogen and oxygen atoms in total. The topological polar surface area (TPSA) is 78.1 Å². The maximum Gasteiger partial charge on any atom is 0.0104 e. The molecule has 26 heavy (non-hydrogen) atoms. The lowest BCUT2D eigenvalue weighted by atomic mass is 9.78. The molecule has 0 aliphatic rings. The second kappa shape index (κ2) is 10.5. The van der Waals surface area contributed by atoms with Crippen LogP contribution in [0.1, 0.15) is 50.2 Å². The molecule has 0 aromatic heterocycles. The SMILES string of the molecule is CC(C)CC(N)C(CCN)C(N)CC(c1ccccc1)c1ccccc1. The Kier molecular flexibility index (Phi) is 8.30. The Labute approximate surface area is 159 Å². The summed E-state index contributed by atoms with van der Waals surface area (Å²) in [6.45, 7) is 5.05. The predicted octanol–water partition coefficient (Wildman–Crippen LogP) is 3.87. The molecule has 0 fully saturated rings. The minimum absolute atomic E-state index is 0.0257. The van der Waals surface area contributed by atoms with Gasteiger partial charge < -0.3 is 17.2 Å². The van der Waals surface area contributed by atoms with Crippen molar-refractivity contribution in [1.82, 2.24) is 0 Å². The van der Waals surface area contributed by atoms with Crippen LogP contribution < -0.4 is 17.2 Å². The highest BCUT2D eigenvalue weighted by atomic mass is 14.7. The summed E-state index contributed by atoms with van der Waals surface area (Å²) in [5, 5.41) is 0. The molecular weight excluding hydrogens is 318 g/mol. The fourth-order valence-corrected chi connectivity index (χ4v) is 3.94.